The van der Waals surface area contributed by atoms with Crippen molar-refractivity contribution >= 4 is 10.8 Å². The highest BCUT2D eigenvalue weighted by Crippen LogP contribution is 2.18. The number of hydrogen-bond donors (Lipinski definition) is 2. The maximum atomic E-state index is 8.94. The van der Waals surface area contributed by atoms with Gasteiger partial charge in [-0.25, -0.2) is 0 Å². The van der Waals surface area contributed by atoms with Gasteiger partial charge >= 0.3 is 0 Å². The van der Waals surface area contributed by atoms with E-state index in [2.05, 4.69) is 6.07 Å². The van der Waals surface area contributed by atoms with Gasteiger partial charge in [-0.1, -0.05) is 36.4 Å². The summed E-state index contributed by atoms with van der Waals surface area (Å²) in [5.41, 5.74) is 6.71. The Bertz CT molecular complexity index is 439. The maximum absolute atomic E-state index is 8.94. The van der Waals surface area contributed by atoms with Crippen molar-refractivity contribution in [3.8, 4) is 0 Å². The summed E-state index contributed by atoms with van der Waals surface area (Å²) in [5, 5.41) is 11.3. The smallest absolute Gasteiger partial charge is 0.0624 e. The van der Waals surface area contributed by atoms with E-state index in [0.29, 0.717) is 0 Å². The van der Waals surface area contributed by atoms with Crippen LogP contribution in [-0.2, 0) is 0 Å². The van der Waals surface area contributed by atoms with Crippen molar-refractivity contribution in [3.63, 3.8) is 0 Å². The predicted octanol–water partition coefficient (Wildman–Crippen LogP) is 1.83. The molecular weight excluding hydrogens is 174 g/mol. The first kappa shape index (κ1) is 9.19. The second kappa shape index (κ2) is 3.78. The van der Waals surface area contributed by atoms with E-state index < -0.39 is 0 Å². The van der Waals surface area contributed by atoms with Gasteiger partial charge in [0.25, 0.3) is 0 Å². The van der Waals surface area contributed by atoms with Gasteiger partial charge in [-0.05, 0) is 22.4 Å². The Hall–Kier alpha value is -1.38. The predicted molar refractivity (Wildman–Crippen MR) is 58.0 cm³/mol. The van der Waals surface area contributed by atoms with Crippen molar-refractivity contribution < 1.29 is 5.11 Å². The van der Waals surface area contributed by atoms with Crippen molar-refractivity contribution in [1.29, 1.82) is 0 Å². The second-order valence-corrected chi connectivity index (χ2v) is 3.40. The van der Waals surface area contributed by atoms with Gasteiger partial charge in [0.05, 0.1) is 12.6 Å². The molecule has 3 N–H and O–H groups in total. The zero-order chi connectivity index (χ0) is 9.97. The normalized spacial score (nSPS) is 13.0. The summed E-state index contributed by atoms with van der Waals surface area (Å²) in [5.74, 6) is 0. The molecule has 0 amide bonds. The number of aliphatic hydroxyl groups excluding tert-OH is 1. The number of nitrogens with two attached hydrogens (primary N) is 1. The highest BCUT2D eigenvalue weighted by atomic mass is 16.3. The van der Waals surface area contributed by atoms with Crippen molar-refractivity contribution in [3.05, 3.63) is 48.0 Å². The van der Waals surface area contributed by atoms with Crippen LogP contribution in [0.5, 0.6) is 0 Å². The van der Waals surface area contributed by atoms with E-state index in [4.69, 9.17) is 10.8 Å². The molecular formula is C12H13NO. The summed E-state index contributed by atoms with van der Waals surface area (Å²) in [6.07, 6.45) is 0. The molecule has 2 aromatic carbocycles. The Labute approximate surface area is 83.0 Å². The summed E-state index contributed by atoms with van der Waals surface area (Å²) in [6, 6.07) is 13.8. The van der Waals surface area contributed by atoms with Crippen LogP contribution in [0.3, 0.4) is 0 Å². The lowest BCUT2D eigenvalue weighted by atomic mass is 10.0. The molecule has 0 fully saturated rings. The average molecular weight is 187 g/mol. The molecule has 0 saturated carbocycles. The van der Waals surface area contributed by atoms with Crippen LogP contribution in [0, 0.1) is 0 Å². The topological polar surface area (TPSA) is 46.2 Å². The Morgan fingerprint density at radius 3 is 2.50 bits per heavy atom. The highest BCUT2D eigenvalue weighted by Gasteiger charge is 2.03. The standard InChI is InChI=1S/C12H13NO/c13-12(8-14)11-6-5-9-3-1-2-4-10(9)7-11/h1-7,12,14H,8,13H2. The molecule has 0 spiro atoms. The van der Waals surface area contributed by atoms with Gasteiger partial charge < -0.3 is 10.8 Å². The van der Waals surface area contributed by atoms with Crippen LogP contribution in [0.4, 0.5) is 0 Å². The first-order chi connectivity index (χ1) is 6.81. The van der Waals surface area contributed by atoms with Gasteiger partial charge in [0.15, 0.2) is 0 Å². The lowest BCUT2D eigenvalue weighted by Gasteiger charge is -2.09. The monoisotopic (exact) mass is 187 g/mol. The number of hydrogen-bond acceptors (Lipinski definition) is 2. The van der Waals surface area contributed by atoms with E-state index in [1.54, 1.807) is 0 Å². The van der Waals surface area contributed by atoms with E-state index in [0.717, 1.165) is 10.9 Å². The molecule has 2 rings (SSSR count). The Balaban J connectivity index is 2.51. The fraction of sp³-hybridized carbons (Fsp3) is 0.167. The second-order valence-electron chi connectivity index (χ2n) is 3.40. The summed E-state index contributed by atoms with van der Waals surface area (Å²) >= 11 is 0. The van der Waals surface area contributed by atoms with Crippen LogP contribution in [0.1, 0.15) is 11.6 Å². The van der Waals surface area contributed by atoms with E-state index >= 15 is 0 Å². The summed E-state index contributed by atoms with van der Waals surface area (Å²) in [6.45, 7) is -0.0155. The van der Waals surface area contributed by atoms with Gasteiger partial charge in [0, 0.05) is 0 Å². The molecule has 2 nitrogen and oxygen atoms in total. The number of fused-ring (bicyclic) bond motifs is 1. The Morgan fingerprint density at radius 1 is 1.07 bits per heavy atom. The van der Waals surface area contributed by atoms with Gasteiger partial charge in [-0.2, -0.15) is 0 Å². The Kier molecular flexibility index (Phi) is 2.48. The molecule has 14 heavy (non-hydrogen) atoms. The van der Waals surface area contributed by atoms with Crippen LogP contribution in [0.2, 0.25) is 0 Å². The molecule has 1 atom stereocenters. The van der Waals surface area contributed by atoms with Crippen LogP contribution in [0.25, 0.3) is 10.8 Å². The molecule has 2 heteroatoms. The highest BCUT2D eigenvalue weighted by molar-refractivity contribution is 5.83. The van der Waals surface area contributed by atoms with Crippen LogP contribution in [-0.4, -0.2) is 11.7 Å². The zero-order valence-electron chi connectivity index (χ0n) is 7.85. The molecule has 0 bridgehead atoms. The summed E-state index contributed by atoms with van der Waals surface area (Å²) in [4.78, 5) is 0. The molecule has 0 aromatic heterocycles. The third kappa shape index (κ3) is 1.62. The quantitative estimate of drug-likeness (QED) is 0.753. The van der Waals surface area contributed by atoms with Crippen LogP contribution >= 0.6 is 0 Å². The molecule has 0 aliphatic rings. The minimum atomic E-state index is -0.278. The third-order valence-corrected chi connectivity index (χ3v) is 2.40. The number of aliphatic hydroxyl groups is 1. The lowest BCUT2D eigenvalue weighted by molar-refractivity contribution is 0.268. The van der Waals surface area contributed by atoms with Gasteiger partial charge in [0.2, 0.25) is 0 Å². The molecule has 0 aliphatic heterocycles. The Morgan fingerprint density at radius 2 is 1.79 bits per heavy atom. The molecule has 72 valence electrons. The lowest BCUT2D eigenvalue weighted by Crippen LogP contribution is -2.14. The minimum Gasteiger partial charge on any atom is -0.394 e. The molecule has 0 radical (unpaired) electrons. The van der Waals surface area contributed by atoms with Gasteiger partial charge in [-0.3, -0.25) is 0 Å². The fourth-order valence-electron chi connectivity index (χ4n) is 1.54. The molecule has 0 heterocycles. The summed E-state index contributed by atoms with van der Waals surface area (Å²) in [7, 11) is 0. The van der Waals surface area contributed by atoms with Crippen molar-refractivity contribution in [2.75, 3.05) is 6.61 Å². The van der Waals surface area contributed by atoms with Crippen molar-refractivity contribution in [1.82, 2.24) is 0 Å². The van der Waals surface area contributed by atoms with Crippen molar-refractivity contribution in [2.45, 2.75) is 6.04 Å². The zero-order valence-corrected chi connectivity index (χ0v) is 7.85. The molecule has 1 unspecified atom stereocenters. The average Bonchev–Trinajstić information content (AvgIpc) is 2.27. The van der Waals surface area contributed by atoms with Gasteiger partial charge in [-0.15, -0.1) is 0 Å². The maximum Gasteiger partial charge on any atom is 0.0624 e. The fourth-order valence-corrected chi connectivity index (χ4v) is 1.54. The van der Waals surface area contributed by atoms with Crippen LogP contribution in [0.15, 0.2) is 42.5 Å². The molecule has 0 aliphatic carbocycles. The first-order valence-corrected chi connectivity index (χ1v) is 4.66. The minimum absolute atomic E-state index is 0.0155. The van der Waals surface area contributed by atoms with Crippen LogP contribution < -0.4 is 5.73 Å². The SMILES string of the molecule is NC(CO)c1ccc2ccccc2c1. The van der Waals surface area contributed by atoms with Gasteiger partial charge in [0.1, 0.15) is 0 Å². The summed E-state index contributed by atoms with van der Waals surface area (Å²) < 4.78 is 0. The molecule has 0 saturated heterocycles. The largest absolute Gasteiger partial charge is 0.394 e. The number of benzene rings is 2. The van der Waals surface area contributed by atoms with E-state index in [1.807, 2.05) is 36.4 Å². The third-order valence-electron chi connectivity index (χ3n) is 2.40. The van der Waals surface area contributed by atoms with E-state index in [1.165, 1.54) is 5.39 Å². The van der Waals surface area contributed by atoms with Crippen molar-refractivity contribution in [2.24, 2.45) is 5.73 Å². The van der Waals surface area contributed by atoms with E-state index in [-0.39, 0.29) is 12.6 Å². The number of rotatable bonds is 2. The first-order valence-electron chi connectivity index (χ1n) is 4.66. The molecule has 2 aromatic rings. The van der Waals surface area contributed by atoms with E-state index in [9.17, 15) is 0 Å².